The molecule has 5 heteroatoms. The summed E-state index contributed by atoms with van der Waals surface area (Å²) in [6.07, 6.45) is 4.44. The highest BCUT2D eigenvalue weighted by Gasteiger charge is 2.46. The van der Waals surface area contributed by atoms with Gasteiger partial charge >= 0.3 is 0 Å². The lowest BCUT2D eigenvalue weighted by atomic mass is 9.97. The molecule has 4 nitrogen and oxygen atoms in total. The lowest BCUT2D eigenvalue weighted by Gasteiger charge is -2.50. The molecule has 2 saturated heterocycles. The van der Waals surface area contributed by atoms with Gasteiger partial charge in [-0.1, -0.05) is 6.07 Å². The highest BCUT2D eigenvalue weighted by Crippen LogP contribution is 2.40. The zero-order chi connectivity index (χ0) is 17.4. The summed E-state index contributed by atoms with van der Waals surface area (Å²) in [6.45, 7) is 5.39. The third kappa shape index (κ3) is 2.95. The van der Waals surface area contributed by atoms with Crippen LogP contribution in [0, 0.1) is 0 Å². The summed E-state index contributed by atoms with van der Waals surface area (Å²) < 4.78 is 5.40. The molecule has 3 aliphatic rings. The third-order valence-corrected chi connectivity index (χ3v) is 7.42. The molecule has 1 aromatic rings. The minimum absolute atomic E-state index is 0.00451. The molecule has 136 valence electrons. The van der Waals surface area contributed by atoms with Crippen LogP contribution in [0.15, 0.2) is 18.2 Å². The first-order valence-corrected chi connectivity index (χ1v) is 10.6. The van der Waals surface area contributed by atoms with Gasteiger partial charge in [-0.05, 0) is 55.9 Å². The van der Waals surface area contributed by atoms with Gasteiger partial charge < -0.3 is 9.64 Å². The molecule has 0 aromatic heterocycles. The van der Waals surface area contributed by atoms with Gasteiger partial charge in [0.1, 0.15) is 11.4 Å². The number of amides is 1. The van der Waals surface area contributed by atoms with Crippen molar-refractivity contribution in [2.45, 2.75) is 44.2 Å². The van der Waals surface area contributed by atoms with Crippen LogP contribution in [0.1, 0.15) is 43.2 Å². The number of rotatable bonds is 3. The van der Waals surface area contributed by atoms with Crippen molar-refractivity contribution in [1.29, 1.82) is 0 Å². The molecular formula is C20H28N2O2S. The van der Waals surface area contributed by atoms with E-state index in [4.69, 9.17) is 4.74 Å². The Labute approximate surface area is 154 Å². The first-order chi connectivity index (χ1) is 12.1. The molecule has 0 spiro atoms. The highest BCUT2D eigenvalue weighted by molar-refractivity contribution is 7.99. The Morgan fingerprint density at radius 3 is 2.84 bits per heavy atom. The predicted molar refractivity (Wildman–Crippen MR) is 102 cm³/mol. The van der Waals surface area contributed by atoms with Crippen molar-refractivity contribution >= 4 is 17.7 Å². The predicted octanol–water partition coefficient (Wildman–Crippen LogP) is 3.11. The van der Waals surface area contributed by atoms with E-state index in [1.54, 1.807) is 7.11 Å². The normalized spacial score (nSPS) is 29.7. The molecule has 0 saturated carbocycles. The minimum atomic E-state index is -0.127. The topological polar surface area (TPSA) is 32.8 Å². The minimum Gasteiger partial charge on any atom is -0.497 e. The van der Waals surface area contributed by atoms with Crippen LogP contribution >= 0.6 is 11.8 Å². The Hall–Kier alpha value is -1.20. The summed E-state index contributed by atoms with van der Waals surface area (Å²) in [5, 5.41) is 0. The number of carbonyl (C=O) groups excluding carboxylic acids is 1. The molecule has 25 heavy (non-hydrogen) atoms. The molecule has 2 fully saturated rings. The number of ether oxygens (including phenoxy) is 1. The highest BCUT2D eigenvalue weighted by atomic mass is 32.2. The van der Waals surface area contributed by atoms with Crippen molar-refractivity contribution in [1.82, 2.24) is 9.80 Å². The van der Waals surface area contributed by atoms with Gasteiger partial charge in [-0.15, -0.1) is 0 Å². The molecule has 1 aliphatic carbocycles. The number of fused-ring (bicyclic) bond motifs is 1. The van der Waals surface area contributed by atoms with Crippen LogP contribution in [0.4, 0.5) is 0 Å². The Morgan fingerprint density at radius 2 is 2.08 bits per heavy atom. The van der Waals surface area contributed by atoms with Crippen LogP contribution in [0.25, 0.3) is 0 Å². The van der Waals surface area contributed by atoms with Crippen molar-refractivity contribution in [2.75, 3.05) is 38.2 Å². The maximum absolute atomic E-state index is 13.6. The van der Waals surface area contributed by atoms with Crippen molar-refractivity contribution in [3.63, 3.8) is 0 Å². The van der Waals surface area contributed by atoms with E-state index in [1.807, 2.05) is 17.8 Å². The maximum atomic E-state index is 13.6. The van der Waals surface area contributed by atoms with Crippen LogP contribution in [0.5, 0.6) is 5.75 Å². The van der Waals surface area contributed by atoms with E-state index in [0.717, 1.165) is 49.7 Å². The Balaban J connectivity index is 1.62. The summed E-state index contributed by atoms with van der Waals surface area (Å²) in [5.74, 6) is 3.25. The van der Waals surface area contributed by atoms with Crippen molar-refractivity contribution in [2.24, 2.45) is 0 Å². The first-order valence-electron chi connectivity index (χ1n) is 9.44. The number of hydrogen-bond acceptors (Lipinski definition) is 4. The molecule has 2 atom stereocenters. The third-order valence-electron chi connectivity index (χ3n) is 6.20. The van der Waals surface area contributed by atoms with Crippen molar-refractivity contribution < 1.29 is 9.53 Å². The Kier molecular flexibility index (Phi) is 4.71. The molecule has 2 heterocycles. The van der Waals surface area contributed by atoms with E-state index in [-0.39, 0.29) is 11.6 Å². The Morgan fingerprint density at radius 1 is 1.28 bits per heavy atom. The van der Waals surface area contributed by atoms with Gasteiger partial charge in [0.05, 0.1) is 13.0 Å². The van der Waals surface area contributed by atoms with Gasteiger partial charge in [0.15, 0.2) is 0 Å². The van der Waals surface area contributed by atoms with Crippen LogP contribution in [-0.4, -0.2) is 59.6 Å². The molecule has 0 bridgehead atoms. The van der Waals surface area contributed by atoms with Gasteiger partial charge in [-0.3, -0.25) is 9.69 Å². The number of likely N-dealkylation sites (tertiary alicyclic amines) is 1. The number of hydrogen-bond donors (Lipinski definition) is 0. The van der Waals surface area contributed by atoms with Crippen LogP contribution in [0.2, 0.25) is 0 Å². The zero-order valence-corrected chi connectivity index (χ0v) is 16.1. The lowest BCUT2D eigenvalue weighted by Crippen LogP contribution is -2.64. The second kappa shape index (κ2) is 6.84. The van der Waals surface area contributed by atoms with E-state index in [0.29, 0.717) is 5.91 Å². The SMILES string of the molecule is COc1ccc2c(c1)C(C(=O)N1CCSCC1(C)N1CCCC1)CC2. The number of methoxy groups -OCH3 is 1. The average Bonchev–Trinajstić information content (AvgIpc) is 3.31. The van der Waals surface area contributed by atoms with E-state index >= 15 is 0 Å². The van der Waals surface area contributed by atoms with Gasteiger partial charge in [0.2, 0.25) is 5.91 Å². The second-order valence-electron chi connectivity index (χ2n) is 7.61. The molecule has 0 radical (unpaired) electrons. The second-order valence-corrected chi connectivity index (χ2v) is 8.71. The van der Waals surface area contributed by atoms with Crippen molar-refractivity contribution in [3.05, 3.63) is 29.3 Å². The van der Waals surface area contributed by atoms with Gasteiger partial charge in [0.25, 0.3) is 0 Å². The molecule has 4 rings (SSSR count). The largest absolute Gasteiger partial charge is 0.497 e. The fourth-order valence-corrected chi connectivity index (χ4v) is 5.88. The maximum Gasteiger partial charge on any atom is 0.231 e. The Bertz CT molecular complexity index is 659. The molecule has 0 N–H and O–H groups in total. The first kappa shape index (κ1) is 17.2. The van der Waals surface area contributed by atoms with Gasteiger partial charge in [-0.2, -0.15) is 11.8 Å². The summed E-state index contributed by atoms with van der Waals surface area (Å²) in [5.41, 5.74) is 2.37. The molecular weight excluding hydrogens is 332 g/mol. The lowest BCUT2D eigenvalue weighted by molar-refractivity contribution is -0.145. The molecule has 1 amide bonds. The zero-order valence-electron chi connectivity index (χ0n) is 15.3. The van der Waals surface area contributed by atoms with Crippen LogP contribution in [0.3, 0.4) is 0 Å². The molecule has 1 aromatic carbocycles. The van der Waals surface area contributed by atoms with Crippen molar-refractivity contribution in [3.8, 4) is 5.75 Å². The summed E-state index contributed by atoms with van der Waals surface area (Å²) in [6, 6.07) is 6.22. The summed E-state index contributed by atoms with van der Waals surface area (Å²) in [4.78, 5) is 18.3. The number of carbonyl (C=O) groups is 1. The summed E-state index contributed by atoms with van der Waals surface area (Å²) in [7, 11) is 1.69. The van der Waals surface area contributed by atoms with Crippen LogP contribution in [-0.2, 0) is 11.2 Å². The fraction of sp³-hybridized carbons (Fsp3) is 0.650. The standard InChI is InChI=1S/C20H28N2O2S/c1-20(21-9-3-4-10-21)14-25-12-11-22(20)19(23)17-8-6-15-5-7-16(24-2)13-18(15)17/h5,7,13,17H,3-4,6,8-12,14H2,1-2H3. The average molecular weight is 361 g/mol. The smallest absolute Gasteiger partial charge is 0.231 e. The fourth-order valence-electron chi connectivity index (χ4n) is 4.70. The summed E-state index contributed by atoms with van der Waals surface area (Å²) >= 11 is 1.99. The number of nitrogens with zero attached hydrogens (tertiary/aromatic N) is 2. The quantitative estimate of drug-likeness (QED) is 0.829. The monoisotopic (exact) mass is 360 g/mol. The van der Waals surface area contributed by atoms with Crippen LogP contribution < -0.4 is 4.74 Å². The van der Waals surface area contributed by atoms with E-state index in [2.05, 4.69) is 28.9 Å². The van der Waals surface area contributed by atoms with E-state index < -0.39 is 0 Å². The number of aryl methyl sites for hydroxylation is 1. The van der Waals surface area contributed by atoms with E-state index in [1.165, 1.54) is 24.0 Å². The van der Waals surface area contributed by atoms with Gasteiger partial charge in [0, 0.05) is 31.1 Å². The van der Waals surface area contributed by atoms with E-state index in [9.17, 15) is 4.79 Å². The number of benzene rings is 1. The molecule has 2 unspecified atom stereocenters. The van der Waals surface area contributed by atoms with Gasteiger partial charge in [-0.25, -0.2) is 0 Å². The molecule has 2 aliphatic heterocycles. The number of thioether (sulfide) groups is 1.